The number of nitrogens with two attached hydrogens (primary N) is 1. The molecular formula is C21H28N4O2. The molecule has 1 fully saturated rings. The monoisotopic (exact) mass is 368 g/mol. The van der Waals surface area contributed by atoms with Crippen LogP contribution in [0.2, 0.25) is 0 Å². The third kappa shape index (κ3) is 5.52. The highest BCUT2D eigenvalue weighted by Gasteiger charge is 2.23. The summed E-state index contributed by atoms with van der Waals surface area (Å²) < 4.78 is 0. The zero-order chi connectivity index (χ0) is 19.2. The molecule has 6 nitrogen and oxygen atoms in total. The summed E-state index contributed by atoms with van der Waals surface area (Å²) in [6.07, 6.45) is 1.91. The second-order valence-electron chi connectivity index (χ2n) is 7.32. The van der Waals surface area contributed by atoms with E-state index in [0.717, 1.165) is 38.2 Å². The van der Waals surface area contributed by atoms with Crippen LogP contribution in [0, 0.1) is 12.8 Å². The van der Waals surface area contributed by atoms with Gasteiger partial charge in [0.2, 0.25) is 5.91 Å². The number of primary amides is 1. The normalized spacial score (nSPS) is 17.7. The first kappa shape index (κ1) is 19.3. The number of nitrogens with zero attached hydrogens (tertiary/aromatic N) is 2. The van der Waals surface area contributed by atoms with Crippen molar-refractivity contribution in [3.8, 4) is 5.75 Å². The van der Waals surface area contributed by atoms with Gasteiger partial charge in [0.15, 0.2) is 0 Å². The number of nitrogens with one attached hydrogen (secondary N) is 1. The maximum atomic E-state index is 11.5. The van der Waals surface area contributed by atoms with Crippen molar-refractivity contribution >= 4 is 5.91 Å². The van der Waals surface area contributed by atoms with Crippen LogP contribution in [-0.2, 0) is 24.4 Å². The third-order valence-corrected chi connectivity index (χ3v) is 5.02. The van der Waals surface area contributed by atoms with Crippen molar-refractivity contribution in [2.45, 2.75) is 39.4 Å². The van der Waals surface area contributed by atoms with Crippen molar-refractivity contribution < 1.29 is 9.90 Å². The molecule has 4 N–H and O–H groups in total. The summed E-state index contributed by atoms with van der Waals surface area (Å²) in [6, 6.07) is 11.9. The van der Waals surface area contributed by atoms with Gasteiger partial charge >= 0.3 is 0 Å². The summed E-state index contributed by atoms with van der Waals surface area (Å²) in [4.78, 5) is 18.1. The first-order valence-electron chi connectivity index (χ1n) is 9.47. The highest BCUT2D eigenvalue weighted by molar-refractivity contribution is 5.76. The molecular weight excluding hydrogens is 340 g/mol. The molecule has 2 heterocycles. The fourth-order valence-corrected chi connectivity index (χ4v) is 3.59. The number of hydrogen-bond acceptors (Lipinski definition) is 5. The number of rotatable bonds is 7. The fourth-order valence-electron chi connectivity index (χ4n) is 3.59. The minimum Gasteiger partial charge on any atom is -0.506 e. The Kier molecular flexibility index (Phi) is 6.42. The second-order valence-corrected chi connectivity index (χ2v) is 7.32. The molecule has 0 aliphatic carbocycles. The lowest BCUT2D eigenvalue weighted by molar-refractivity contribution is -0.123. The van der Waals surface area contributed by atoms with E-state index in [9.17, 15) is 9.90 Å². The van der Waals surface area contributed by atoms with Crippen molar-refractivity contribution in [1.29, 1.82) is 0 Å². The molecule has 27 heavy (non-hydrogen) atoms. The summed E-state index contributed by atoms with van der Waals surface area (Å²) in [5.74, 6) is -0.000258. The second kappa shape index (κ2) is 8.97. The summed E-state index contributed by atoms with van der Waals surface area (Å²) in [5.41, 5.74) is 9.44. The third-order valence-electron chi connectivity index (χ3n) is 5.02. The molecule has 2 aromatic rings. The Labute approximate surface area is 160 Å². The number of piperidine rings is 1. The molecule has 1 aromatic heterocycles. The first-order chi connectivity index (χ1) is 13.0. The van der Waals surface area contributed by atoms with Gasteiger partial charge in [-0.05, 0) is 49.6 Å². The zero-order valence-corrected chi connectivity index (χ0v) is 15.8. The highest BCUT2D eigenvalue weighted by Crippen LogP contribution is 2.19. The lowest BCUT2D eigenvalue weighted by atomic mass is 9.97. The number of benzene rings is 1. The summed E-state index contributed by atoms with van der Waals surface area (Å²) >= 11 is 0. The number of amides is 1. The molecule has 1 saturated heterocycles. The van der Waals surface area contributed by atoms with E-state index >= 15 is 0 Å². The molecule has 1 aliphatic rings. The Bertz CT molecular complexity index is 794. The van der Waals surface area contributed by atoms with Crippen LogP contribution >= 0.6 is 0 Å². The van der Waals surface area contributed by atoms with Crippen LogP contribution in [0.5, 0.6) is 5.75 Å². The predicted octanol–water partition coefficient (Wildman–Crippen LogP) is 2.08. The van der Waals surface area contributed by atoms with E-state index < -0.39 is 0 Å². The largest absolute Gasteiger partial charge is 0.506 e. The van der Waals surface area contributed by atoms with Crippen LogP contribution in [0.15, 0.2) is 36.4 Å². The van der Waals surface area contributed by atoms with Gasteiger partial charge in [0, 0.05) is 31.9 Å². The van der Waals surface area contributed by atoms with E-state index in [1.807, 2.05) is 6.92 Å². The fraction of sp³-hybridized carbons (Fsp3) is 0.429. The van der Waals surface area contributed by atoms with Gasteiger partial charge in [-0.25, -0.2) is 0 Å². The Morgan fingerprint density at radius 3 is 2.93 bits per heavy atom. The zero-order valence-electron chi connectivity index (χ0n) is 15.8. The van der Waals surface area contributed by atoms with E-state index in [0.29, 0.717) is 18.8 Å². The van der Waals surface area contributed by atoms with Crippen molar-refractivity contribution in [1.82, 2.24) is 15.2 Å². The smallest absolute Gasteiger partial charge is 0.221 e. The van der Waals surface area contributed by atoms with Gasteiger partial charge in [0.05, 0.1) is 11.6 Å². The summed E-state index contributed by atoms with van der Waals surface area (Å²) in [6.45, 7) is 5.71. The number of carbonyl (C=O) groups is 1. The maximum absolute atomic E-state index is 11.5. The molecule has 1 aliphatic heterocycles. The molecule has 6 heteroatoms. The SMILES string of the molecule is Cc1ccc(O)c(CNCc2cccc(CN3CCC[C@@H](C(N)=O)C3)c2)n1. The average Bonchev–Trinajstić information content (AvgIpc) is 2.65. The van der Waals surface area contributed by atoms with Crippen LogP contribution in [0.4, 0.5) is 0 Å². The van der Waals surface area contributed by atoms with Gasteiger partial charge in [-0.3, -0.25) is 14.7 Å². The van der Waals surface area contributed by atoms with Crippen LogP contribution < -0.4 is 11.1 Å². The van der Waals surface area contributed by atoms with Gasteiger partial charge in [-0.1, -0.05) is 24.3 Å². The minimum atomic E-state index is -0.189. The number of carbonyl (C=O) groups excluding carboxylic acids is 1. The van der Waals surface area contributed by atoms with E-state index in [1.54, 1.807) is 12.1 Å². The molecule has 3 rings (SSSR count). The van der Waals surface area contributed by atoms with Crippen LogP contribution in [0.1, 0.15) is 35.4 Å². The van der Waals surface area contributed by atoms with E-state index in [2.05, 4.69) is 39.5 Å². The molecule has 1 atom stereocenters. The maximum Gasteiger partial charge on any atom is 0.221 e. The lowest BCUT2D eigenvalue weighted by Gasteiger charge is -2.31. The van der Waals surface area contributed by atoms with Crippen LogP contribution in [0.25, 0.3) is 0 Å². The summed E-state index contributed by atoms with van der Waals surface area (Å²) in [5, 5.41) is 13.2. The first-order valence-corrected chi connectivity index (χ1v) is 9.47. The molecule has 144 valence electrons. The Balaban J connectivity index is 1.54. The van der Waals surface area contributed by atoms with Crippen molar-refractivity contribution in [2.75, 3.05) is 13.1 Å². The predicted molar refractivity (Wildman–Crippen MR) is 105 cm³/mol. The average molecular weight is 368 g/mol. The van der Waals surface area contributed by atoms with Crippen molar-refractivity contribution in [2.24, 2.45) is 11.7 Å². The number of aryl methyl sites for hydroxylation is 1. The van der Waals surface area contributed by atoms with Gasteiger partial charge < -0.3 is 16.2 Å². The highest BCUT2D eigenvalue weighted by atomic mass is 16.3. The Morgan fingerprint density at radius 1 is 1.30 bits per heavy atom. The standard InChI is InChI=1S/C21H28N4O2/c1-15-7-8-20(26)19(24-15)12-23-11-16-4-2-5-17(10-16)13-25-9-3-6-18(14-25)21(22)27/h2,4-5,7-8,10,18,23,26H,3,6,9,11-14H2,1H3,(H2,22,27)/t18-/m1/s1. The van der Waals surface area contributed by atoms with Crippen LogP contribution in [0.3, 0.4) is 0 Å². The van der Waals surface area contributed by atoms with Crippen molar-refractivity contribution in [3.05, 3.63) is 58.9 Å². The van der Waals surface area contributed by atoms with Crippen molar-refractivity contribution in [3.63, 3.8) is 0 Å². The lowest BCUT2D eigenvalue weighted by Crippen LogP contribution is -2.40. The van der Waals surface area contributed by atoms with Gasteiger partial charge in [0.25, 0.3) is 0 Å². The number of hydrogen-bond donors (Lipinski definition) is 3. The van der Waals surface area contributed by atoms with Gasteiger partial charge in [-0.2, -0.15) is 0 Å². The molecule has 0 unspecified atom stereocenters. The molecule has 0 spiro atoms. The number of likely N-dealkylation sites (tertiary alicyclic amines) is 1. The molecule has 0 radical (unpaired) electrons. The van der Waals surface area contributed by atoms with E-state index in [1.165, 1.54) is 11.1 Å². The summed E-state index contributed by atoms with van der Waals surface area (Å²) in [7, 11) is 0. The molecule has 0 bridgehead atoms. The van der Waals surface area contributed by atoms with Crippen LogP contribution in [-0.4, -0.2) is 34.0 Å². The number of aromatic hydroxyl groups is 1. The minimum absolute atomic E-state index is 0.0295. The van der Waals surface area contributed by atoms with Gasteiger partial charge in [0.1, 0.15) is 5.75 Å². The molecule has 1 amide bonds. The van der Waals surface area contributed by atoms with E-state index in [-0.39, 0.29) is 17.6 Å². The number of aromatic nitrogens is 1. The topological polar surface area (TPSA) is 91.5 Å². The van der Waals surface area contributed by atoms with E-state index in [4.69, 9.17) is 5.73 Å². The van der Waals surface area contributed by atoms with Gasteiger partial charge in [-0.15, -0.1) is 0 Å². The number of pyridine rings is 1. The Hall–Kier alpha value is -2.44. The molecule has 1 aromatic carbocycles. The molecule has 0 saturated carbocycles. The Morgan fingerprint density at radius 2 is 2.11 bits per heavy atom. The quantitative estimate of drug-likeness (QED) is 0.696.